The minimum Gasteiger partial charge on any atom is -0.396 e. The molecule has 31 heavy (non-hydrogen) atoms. The molecule has 0 fully saturated rings. The first-order valence-corrected chi connectivity index (χ1v) is 10.7. The van der Waals surface area contributed by atoms with E-state index < -0.39 is 0 Å². The highest BCUT2D eigenvalue weighted by molar-refractivity contribution is 5.90. The molecule has 0 atom stereocenters. The van der Waals surface area contributed by atoms with E-state index in [-0.39, 0.29) is 12.2 Å². The third kappa shape index (κ3) is 3.59. The molecule has 1 aliphatic carbocycles. The van der Waals surface area contributed by atoms with Crippen LogP contribution in [0.4, 0.5) is 0 Å². The van der Waals surface area contributed by atoms with Crippen LogP contribution >= 0.6 is 0 Å². The molecule has 1 N–H and O–H groups in total. The van der Waals surface area contributed by atoms with Gasteiger partial charge in [0.05, 0.1) is 16.8 Å². The molecule has 0 bridgehead atoms. The Morgan fingerprint density at radius 3 is 2.55 bits per heavy atom. The highest BCUT2D eigenvalue weighted by atomic mass is 16.3. The summed E-state index contributed by atoms with van der Waals surface area (Å²) in [6.45, 7) is 0.0828. The molecular weight excluding hydrogens is 388 g/mol. The van der Waals surface area contributed by atoms with E-state index in [9.17, 15) is 9.90 Å². The van der Waals surface area contributed by atoms with Gasteiger partial charge >= 0.3 is 0 Å². The van der Waals surface area contributed by atoms with E-state index in [1.807, 2.05) is 59.2 Å². The summed E-state index contributed by atoms with van der Waals surface area (Å²) in [5, 5.41) is 19.1. The van der Waals surface area contributed by atoms with Gasteiger partial charge in [0.2, 0.25) is 0 Å². The van der Waals surface area contributed by atoms with Crippen molar-refractivity contribution in [3.63, 3.8) is 0 Å². The van der Waals surface area contributed by atoms with Gasteiger partial charge in [0.1, 0.15) is 5.69 Å². The number of nitrogens with zero attached hydrogens (tertiary/aromatic N) is 4. The summed E-state index contributed by atoms with van der Waals surface area (Å²) in [6.07, 6.45) is 6.31. The zero-order valence-electron chi connectivity index (χ0n) is 17.2. The van der Waals surface area contributed by atoms with Crippen molar-refractivity contribution >= 4 is 11.2 Å². The molecule has 3 heterocycles. The van der Waals surface area contributed by atoms with E-state index in [1.165, 1.54) is 0 Å². The maximum atomic E-state index is 12.8. The molecule has 0 saturated heterocycles. The largest absolute Gasteiger partial charge is 0.396 e. The maximum absolute atomic E-state index is 12.8. The van der Waals surface area contributed by atoms with Crippen LogP contribution in [0.5, 0.6) is 0 Å². The van der Waals surface area contributed by atoms with Crippen molar-refractivity contribution in [1.82, 2.24) is 19.4 Å². The number of aliphatic hydroxyl groups is 1. The molecule has 6 heteroatoms. The summed E-state index contributed by atoms with van der Waals surface area (Å²) in [6, 6.07) is 19.3. The van der Waals surface area contributed by atoms with Crippen LogP contribution in [0.25, 0.3) is 33.7 Å². The van der Waals surface area contributed by atoms with Gasteiger partial charge in [-0.1, -0.05) is 36.4 Å². The van der Waals surface area contributed by atoms with Crippen molar-refractivity contribution in [1.29, 1.82) is 0 Å². The van der Waals surface area contributed by atoms with Crippen molar-refractivity contribution in [2.45, 2.75) is 32.1 Å². The molecule has 1 aliphatic rings. The van der Waals surface area contributed by atoms with Crippen LogP contribution in [0.1, 0.15) is 32.1 Å². The van der Waals surface area contributed by atoms with Crippen LogP contribution < -0.4 is 5.56 Å². The van der Waals surface area contributed by atoms with Crippen LogP contribution in [-0.2, 0) is 0 Å². The first-order chi connectivity index (χ1) is 15.3. The number of hydrogen-bond acceptors (Lipinski definition) is 4. The van der Waals surface area contributed by atoms with Gasteiger partial charge in [0, 0.05) is 30.1 Å². The monoisotopic (exact) mass is 412 g/mol. The smallest absolute Gasteiger partial charge is 0.271 e. The lowest BCUT2D eigenvalue weighted by Gasteiger charge is -2.21. The molecule has 5 rings (SSSR count). The third-order valence-corrected chi connectivity index (χ3v) is 5.86. The lowest BCUT2D eigenvalue weighted by molar-refractivity contribution is 0.296. The Balaban J connectivity index is 1.74. The van der Waals surface area contributed by atoms with Crippen LogP contribution in [0.3, 0.4) is 0 Å². The fourth-order valence-corrected chi connectivity index (χ4v) is 4.40. The average Bonchev–Trinajstić information content (AvgIpc) is 3.20. The lowest BCUT2D eigenvalue weighted by Crippen LogP contribution is -2.24. The second kappa shape index (κ2) is 8.32. The fraction of sp³-hybridized carbons (Fsp3) is 0.240. The molecule has 0 unspecified atom stereocenters. The Morgan fingerprint density at radius 2 is 1.71 bits per heavy atom. The van der Waals surface area contributed by atoms with Gasteiger partial charge in [0.15, 0.2) is 0 Å². The summed E-state index contributed by atoms with van der Waals surface area (Å²) in [5.41, 5.74) is 6.30. The number of fused-ring (bicyclic) bond motifs is 1. The fourth-order valence-electron chi connectivity index (χ4n) is 4.40. The predicted molar refractivity (Wildman–Crippen MR) is 122 cm³/mol. The SMILES string of the molecule is O=c1ccc(-c2c(-c3ccccc3)nn3ccccc23)nn1C1=C(CCO)CCCC1. The average molecular weight is 412 g/mol. The minimum atomic E-state index is -0.145. The van der Waals surface area contributed by atoms with Crippen molar-refractivity contribution < 1.29 is 5.11 Å². The molecule has 4 aromatic rings. The third-order valence-electron chi connectivity index (χ3n) is 5.86. The molecule has 0 saturated carbocycles. The number of pyridine rings is 1. The summed E-state index contributed by atoms with van der Waals surface area (Å²) in [4.78, 5) is 12.8. The topological polar surface area (TPSA) is 72.4 Å². The van der Waals surface area contributed by atoms with Gasteiger partial charge in [-0.2, -0.15) is 10.2 Å². The van der Waals surface area contributed by atoms with Crippen LogP contribution in [-0.4, -0.2) is 31.1 Å². The summed E-state index contributed by atoms with van der Waals surface area (Å²) in [5.74, 6) is 0. The van der Waals surface area contributed by atoms with Crippen LogP contribution in [0, 0.1) is 0 Å². The van der Waals surface area contributed by atoms with Gasteiger partial charge in [-0.25, -0.2) is 9.20 Å². The van der Waals surface area contributed by atoms with Gasteiger partial charge in [0.25, 0.3) is 5.56 Å². The number of aromatic nitrogens is 4. The summed E-state index contributed by atoms with van der Waals surface area (Å²) in [7, 11) is 0. The van der Waals surface area contributed by atoms with E-state index in [0.29, 0.717) is 12.1 Å². The zero-order chi connectivity index (χ0) is 21.2. The van der Waals surface area contributed by atoms with Crippen LogP contribution in [0.2, 0.25) is 0 Å². The second-order valence-electron chi connectivity index (χ2n) is 7.82. The Morgan fingerprint density at radius 1 is 0.903 bits per heavy atom. The first kappa shape index (κ1) is 19.5. The van der Waals surface area contributed by atoms with Crippen molar-refractivity contribution in [3.05, 3.63) is 82.8 Å². The quantitative estimate of drug-likeness (QED) is 0.528. The van der Waals surface area contributed by atoms with Gasteiger partial charge in [-0.15, -0.1) is 0 Å². The summed E-state index contributed by atoms with van der Waals surface area (Å²) >= 11 is 0. The van der Waals surface area contributed by atoms with E-state index in [2.05, 4.69) is 0 Å². The number of hydrogen-bond donors (Lipinski definition) is 1. The van der Waals surface area contributed by atoms with Gasteiger partial charge in [-0.3, -0.25) is 4.79 Å². The Bertz CT molecular complexity index is 1320. The number of rotatable bonds is 5. The normalized spacial score (nSPS) is 14.4. The number of benzene rings is 1. The molecule has 6 nitrogen and oxygen atoms in total. The standard InChI is InChI=1S/C25H24N4O2/c30-17-15-18-8-4-5-11-21(18)29-23(31)14-13-20(26-29)24-22-12-6-7-16-28(22)27-25(24)19-9-2-1-3-10-19/h1-3,6-7,9-10,12-14,16,30H,4-5,8,11,15,17H2. The number of aliphatic hydroxyl groups excluding tert-OH is 1. The number of allylic oxidation sites excluding steroid dienone is 1. The van der Waals surface area contributed by atoms with Gasteiger partial charge < -0.3 is 5.11 Å². The highest BCUT2D eigenvalue weighted by Crippen LogP contribution is 2.34. The molecule has 3 aromatic heterocycles. The van der Waals surface area contributed by atoms with E-state index in [1.54, 1.807) is 16.8 Å². The maximum Gasteiger partial charge on any atom is 0.271 e. The van der Waals surface area contributed by atoms with E-state index in [4.69, 9.17) is 10.2 Å². The van der Waals surface area contributed by atoms with Crippen molar-refractivity contribution in [2.75, 3.05) is 6.61 Å². The van der Waals surface area contributed by atoms with E-state index >= 15 is 0 Å². The van der Waals surface area contributed by atoms with Crippen LogP contribution in [0.15, 0.2) is 77.2 Å². The molecule has 0 amide bonds. The Kier molecular flexibility index (Phi) is 5.22. The van der Waals surface area contributed by atoms with E-state index in [0.717, 1.165) is 59.3 Å². The second-order valence-corrected chi connectivity index (χ2v) is 7.82. The lowest BCUT2D eigenvalue weighted by atomic mass is 9.94. The van der Waals surface area contributed by atoms with Gasteiger partial charge in [-0.05, 0) is 55.9 Å². The first-order valence-electron chi connectivity index (χ1n) is 10.7. The Labute approximate surface area is 180 Å². The molecule has 0 aliphatic heterocycles. The zero-order valence-corrected chi connectivity index (χ0v) is 17.2. The van der Waals surface area contributed by atoms with Crippen molar-refractivity contribution in [3.8, 4) is 22.5 Å². The minimum absolute atomic E-state index is 0.0828. The predicted octanol–water partition coefficient (Wildman–Crippen LogP) is 4.39. The molecule has 156 valence electrons. The summed E-state index contributed by atoms with van der Waals surface area (Å²) < 4.78 is 3.40. The highest BCUT2D eigenvalue weighted by Gasteiger charge is 2.20. The molecule has 1 aromatic carbocycles. The molecular formula is C25H24N4O2. The molecule has 0 spiro atoms. The molecule has 0 radical (unpaired) electrons. The van der Waals surface area contributed by atoms with Crippen molar-refractivity contribution in [2.24, 2.45) is 0 Å². The Hall–Kier alpha value is -3.51.